The molecule has 0 amide bonds. The number of likely N-dealkylation sites (tertiary alicyclic amines) is 1. The molecule has 0 spiro atoms. The van der Waals surface area contributed by atoms with E-state index in [1.54, 1.807) is 0 Å². The fraction of sp³-hybridized carbons (Fsp3) is 0.750. The predicted octanol–water partition coefficient (Wildman–Crippen LogP) is 1.35. The van der Waals surface area contributed by atoms with E-state index < -0.39 is 0 Å². The van der Waals surface area contributed by atoms with Crippen LogP contribution in [0.4, 0.5) is 0 Å². The van der Waals surface area contributed by atoms with Crippen LogP contribution in [0.2, 0.25) is 0 Å². The fourth-order valence-corrected chi connectivity index (χ4v) is 2.73. The molecule has 1 aromatic heterocycles. The van der Waals surface area contributed by atoms with Gasteiger partial charge in [0.15, 0.2) is 5.96 Å². The maximum Gasteiger partial charge on any atom is 0.191 e. The highest BCUT2D eigenvalue weighted by Gasteiger charge is 2.10. The summed E-state index contributed by atoms with van der Waals surface area (Å²) in [6, 6.07) is 2.00. The van der Waals surface area contributed by atoms with Crippen molar-refractivity contribution in [2.24, 2.45) is 12.0 Å². The van der Waals surface area contributed by atoms with Crippen LogP contribution in [0.25, 0.3) is 0 Å². The van der Waals surface area contributed by atoms with Gasteiger partial charge in [-0.1, -0.05) is 0 Å². The minimum Gasteiger partial charge on any atom is -0.357 e. The number of guanidine groups is 1. The Morgan fingerprint density at radius 3 is 2.77 bits per heavy atom. The fourth-order valence-electron chi connectivity index (χ4n) is 2.73. The lowest BCUT2D eigenvalue weighted by atomic mass is 10.3. The monoisotopic (exact) mass is 306 g/mol. The Balaban J connectivity index is 1.65. The Hall–Kier alpha value is -1.56. The van der Waals surface area contributed by atoms with Gasteiger partial charge in [0.1, 0.15) is 0 Å². The van der Waals surface area contributed by atoms with E-state index in [0.29, 0.717) is 6.54 Å². The highest BCUT2D eigenvalue weighted by atomic mass is 15.3. The van der Waals surface area contributed by atoms with Crippen molar-refractivity contribution in [3.05, 3.63) is 18.0 Å². The molecule has 0 bridgehead atoms. The quantitative estimate of drug-likeness (QED) is 0.432. The molecule has 1 aliphatic heterocycles. The Morgan fingerprint density at radius 1 is 1.27 bits per heavy atom. The maximum atomic E-state index is 4.62. The molecule has 0 radical (unpaired) electrons. The number of aryl methyl sites for hydroxylation is 1. The molecule has 0 unspecified atom stereocenters. The van der Waals surface area contributed by atoms with Gasteiger partial charge < -0.3 is 15.5 Å². The number of nitrogens with one attached hydrogen (secondary N) is 2. The van der Waals surface area contributed by atoms with Crippen molar-refractivity contribution in [2.75, 3.05) is 32.7 Å². The predicted molar refractivity (Wildman–Crippen MR) is 90.9 cm³/mol. The van der Waals surface area contributed by atoms with Crippen molar-refractivity contribution >= 4 is 5.96 Å². The minimum atomic E-state index is 0.652. The lowest BCUT2D eigenvalue weighted by molar-refractivity contribution is 0.330. The third kappa shape index (κ3) is 5.67. The molecule has 0 aliphatic carbocycles. The Labute approximate surface area is 134 Å². The van der Waals surface area contributed by atoms with Crippen LogP contribution in [0, 0.1) is 0 Å². The first-order valence-electron chi connectivity index (χ1n) is 8.51. The molecule has 124 valence electrons. The highest BCUT2D eigenvalue weighted by Crippen LogP contribution is 2.07. The summed E-state index contributed by atoms with van der Waals surface area (Å²) in [6.07, 6.45) is 7.01. The molecule has 1 fully saturated rings. The second kappa shape index (κ2) is 9.46. The molecule has 0 atom stereocenters. The van der Waals surface area contributed by atoms with Gasteiger partial charge in [-0.15, -0.1) is 0 Å². The van der Waals surface area contributed by atoms with Gasteiger partial charge >= 0.3 is 0 Å². The molecular formula is C16H30N6. The van der Waals surface area contributed by atoms with Crippen LogP contribution >= 0.6 is 0 Å². The van der Waals surface area contributed by atoms with Crippen molar-refractivity contribution in [1.29, 1.82) is 0 Å². The number of unbranched alkanes of at least 4 members (excludes halogenated alkanes) is 1. The zero-order valence-electron chi connectivity index (χ0n) is 14.0. The van der Waals surface area contributed by atoms with Crippen LogP contribution < -0.4 is 10.6 Å². The zero-order chi connectivity index (χ0) is 15.6. The molecule has 1 aromatic rings. The molecule has 6 heteroatoms. The van der Waals surface area contributed by atoms with E-state index in [1.165, 1.54) is 45.3 Å². The van der Waals surface area contributed by atoms with Gasteiger partial charge in [-0.05, 0) is 58.3 Å². The maximum absolute atomic E-state index is 4.62. The second-order valence-electron chi connectivity index (χ2n) is 5.82. The number of aromatic nitrogens is 2. The normalized spacial score (nSPS) is 16.2. The Morgan fingerprint density at radius 2 is 2.09 bits per heavy atom. The molecule has 6 nitrogen and oxygen atoms in total. The number of rotatable bonds is 8. The first kappa shape index (κ1) is 16.8. The van der Waals surface area contributed by atoms with E-state index in [4.69, 9.17) is 0 Å². The molecule has 1 saturated heterocycles. The van der Waals surface area contributed by atoms with Gasteiger partial charge in [0, 0.05) is 26.3 Å². The van der Waals surface area contributed by atoms with Gasteiger partial charge in [-0.3, -0.25) is 4.68 Å². The topological polar surface area (TPSA) is 57.5 Å². The Bertz CT molecular complexity index is 447. The SMILES string of the molecule is CCNC(=NCc1ccnn1C)NCCCCN1CCCC1. The van der Waals surface area contributed by atoms with Gasteiger partial charge in [-0.25, -0.2) is 4.99 Å². The lowest BCUT2D eigenvalue weighted by Gasteiger charge is -2.15. The molecular weight excluding hydrogens is 276 g/mol. The summed E-state index contributed by atoms with van der Waals surface area (Å²) in [5, 5.41) is 10.9. The summed E-state index contributed by atoms with van der Waals surface area (Å²) >= 11 is 0. The summed E-state index contributed by atoms with van der Waals surface area (Å²) in [6.45, 7) is 8.43. The number of nitrogens with zero attached hydrogens (tertiary/aromatic N) is 4. The van der Waals surface area contributed by atoms with Gasteiger partial charge in [-0.2, -0.15) is 5.10 Å². The summed E-state index contributed by atoms with van der Waals surface area (Å²) < 4.78 is 1.86. The average molecular weight is 306 g/mol. The molecule has 22 heavy (non-hydrogen) atoms. The van der Waals surface area contributed by atoms with Crippen LogP contribution in [-0.2, 0) is 13.6 Å². The van der Waals surface area contributed by atoms with Crippen LogP contribution in [0.15, 0.2) is 17.3 Å². The first-order chi connectivity index (χ1) is 10.8. The van der Waals surface area contributed by atoms with Gasteiger partial charge in [0.05, 0.1) is 12.2 Å². The molecule has 0 aromatic carbocycles. The summed E-state index contributed by atoms with van der Waals surface area (Å²) in [4.78, 5) is 7.19. The number of hydrogen-bond acceptors (Lipinski definition) is 3. The Kier molecular flexibility index (Phi) is 7.22. The van der Waals surface area contributed by atoms with E-state index in [0.717, 1.165) is 24.7 Å². The van der Waals surface area contributed by atoms with Crippen LogP contribution in [-0.4, -0.2) is 53.4 Å². The zero-order valence-corrected chi connectivity index (χ0v) is 14.0. The van der Waals surface area contributed by atoms with E-state index in [2.05, 4.69) is 32.5 Å². The van der Waals surface area contributed by atoms with Crippen molar-refractivity contribution in [2.45, 2.75) is 39.2 Å². The van der Waals surface area contributed by atoms with E-state index in [1.807, 2.05) is 24.0 Å². The molecule has 2 heterocycles. The van der Waals surface area contributed by atoms with Crippen molar-refractivity contribution in [3.8, 4) is 0 Å². The third-order valence-electron chi connectivity index (χ3n) is 4.06. The average Bonchev–Trinajstić information content (AvgIpc) is 3.16. The lowest BCUT2D eigenvalue weighted by Crippen LogP contribution is -2.38. The largest absolute Gasteiger partial charge is 0.357 e. The third-order valence-corrected chi connectivity index (χ3v) is 4.06. The molecule has 1 aliphatic rings. The van der Waals surface area contributed by atoms with Crippen LogP contribution in [0.3, 0.4) is 0 Å². The van der Waals surface area contributed by atoms with Crippen LogP contribution in [0.1, 0.15) is 38.3 Å². The summed E-state index contributed by atoms with van der Waals surface area (Å²) in [5.74, 6) is 0.893. The minimum absolute atomic E-state index is 0.652. The molecule has 0 saturated carbocycles. The van der Waals surface area contributed by atoms with Crippen molar-refractivity contribution in [3.63, 3.8) is 0 Å². The molecule has 2 rings (SSSR count). The van der Waals surface area contributed by atoms with E-state index in [9.17, 15) is 0 Å². The van der Waals surface area contributed by atoms with E-state index >= 15 is 0 Å². The van der Waals surface area contributed by atoms with Gasteiger partial charge in [0.25, 0.3) is 0 Å². The van der Waals surface area contributed by atoms with E-state index in [-0.39, 0.29) is 0 Å². The van der Waals surface area contributed by atoms with Gasteiger partial charge in [0.2, 0.25) is 0 Å². The van der Waals surface area contributed by atoms with Crippen molar-refractivity contribution in [1.82, 2.24) is 25.3 Å². The first-order valence-corrected chi connectivity index (χ1v) is 8.51. The summed E-state index contributed by atoms with van der Waals surface area (Å²) in [5.41, 5.74) is 1.12. The van der Waals surface area contributed by atoms with Crippen molar-refractivity contribution < 1.29 is 0 Å². The highest BCUT2D eigenvalue weighted by molar-refractivity contribution is 5.79. The van der Waals surface area contributed by atoms with Crippen LogP contribution in [0.5, 0.6) is 0 Å². The smallest absolute Gasteiger partial charge is 0.191 e. The standard InChI is InChI=1S/C16H30N6/c1-3-17-16(19-14-15-8-10-20-21(15)2)18-9-4-5-11-22-12-6-7-13-22/h8,10H,3-7,9,11-14H2,1-2H3,(H2,17,18,19). The molecule has 2 N–H and O–H groups in total. The second-order valence-corrected chi connectivity index (χ2v) is 5.82. The number of aliphatic imine (C=N–C) groups is 1. The summed E-state index contributed by atoms with van der Waals surface area (Å²) in [7, 11) is 1.95. The number of hydrogen-bond donors (Lipinski definition) is 2.